The Morgan fingerprint density at radius 2 is 1.83 bits per heavy atom. The van der Waals surface area contributed by atoms with Crippen molar-refractivity contribution < 1.29 is 9.59 Å². The average molecular weight is 252 g/mol. The summed E-state index contributed by atoms with van der Waals surface area (Å²) in [5, 5.41) is 2.79. The van der Waals surface area contributed by atoms with Gasteiger partial charge in [-0.2, -0.15) is 0 Å². The summed E-state index contributed by atoms with van der Waals surface area (Å²) in [5.41, 5.74) is -0.752. The number of hydrogen-bond acceptors (Lipinski definition) is 2. The molecule has 0 bridgehead atoms. The van der Waals surface area contributed by atoms with Crippen LogP contribution in [0.2, 0.25) is 0 Å². The molecule has 1 aliphatic heterocycles. The molecule has 1 saturated heterocycles. The van der Waals surface area contributed by atoms with Gasteiger partial charge in [0, 0.05) is 6.54 Å². The van der Waals surface area contributed by atoms with Gasteiger partial charge >= 0.3 is 0 Å². The summed E-state index contributed by atoms with van der Waals surface area (Å²) in [6.07, 6.45) is 6.22. The summed E-state index contributed by atoms with van der Waals surface area (Å²) >= 11 is 0. The minimum atomic E-state index is -0.752. The molecule has 18 heavy (non-hydrogen) atoms. The van der Waals surface area contributed by atoms with Crippen LogP contribution in [0.5, 0.6) is 0 Å². The van der Waals surface area contributed by atoms with Crippen molar-refractivity contribution in [2.45, 2.75) is 64.5 Å². The van der Waals surface area contributed by atoms with Crippen molar-refractivity contribution in [3.63, 3.8) is 0 Å². The molecule has 0 spiro atoms. The van der Waals surface area contributed by atoms with Crippen LogP contribution >= 0.6 is 0 Å². The van der Waals surface area contributed by atoms with Crippen LogP contribution in [0.25, 0.3) is 0 Å². The second-order valence-electron chi connectivity index (χ2n) is 6.25. The van der Waals surface area contributed by atoms with E-state index in [9.17, 15) is 9.59 Å². The fraction of sp³-hybridized carbons (Fsp3) is 0.857. The maximum atomic E-state index is 12.4. The predicted octanol–water partition coefficient (Wildman–Crippen LogP) is 1.69. The van der Waals surface area contributed by atoms with E-state index in [1.54, 1.807) is 18.7 Å². The van der Waals surface area contributed by atoms with E-state index in [0.29, 0.717) is 5.92 Å². The first-order valence-corrected chi connectivity index (χ1v) is 7.05. The van der Waals surface area contributed by atoms with E-state index in [-0.39, 0.29) is 17.9 Å². The van der Waals surface area contributed by atoms with E-state index in [1.807, 2.05) is 6.92 Å². The topological polar surface area (TPSA) is 49.4 Å². The van der Waals surface area contributed by atoms with Gasteiger partial charge in [0.05, 0.1) is 0 Å². The molecule has 0 aromatic heterocycles. The highest BCUT2D eigenvalue weighted by molar-refractivity contribution is 5.99. The molecule has 0 aromatic carbocycles. The first kappa shape index (κ1) is 13.4. The third-order valence-electron chi connectivity index (χ3n) is 4.26. The fourth-order valence-electron chi connectivity index (χ4n) is 3.03. The lowest BCUT2D eigenvalue weighted by molar-refractivity contribution is -0.153. The van der Waals surface area contributed by atoms with Crippen LogP contribution < -0.4 is 5.32 Å². The van der Waals surface area contributed by atoms with E-state index in [2.05, 4.69) is 5.32 Å². The van der Waals surface area contributed by atoms with Crippen molar-refractivity contribution in [3.05, 3.63) is 0 Å². The van der Waals surface area contributed by atoms with Gasteiger partial charge in [0.1, 0.15) is 11.6 Å². The zero-order valence-electron chi connectivity index (χ0n) is 11.7. The standard InChI is InChI=1S/C14H24N2O2/c1-10-12(17)15-14(2,3)13(18)16(10)9-11-7-5-4-6-8-11/h10-11H,4-9H2,1-3H3,(H,15,17). The zero-order chi connectivity index (χ0) is 13.3. The quantitative estimate of drug-likeness (QED) is 0.813. The fourth-order valence-corrected chi connectivity index (χ4v) is 3.03. The zero-order valence-corrected chi connectivity index (χ0v) is 11.7. The summed E-state index contributed by atoms with van der Waals surface area (Å²) in [4.78, 5) is 26.1. The molecule has 2 rings (SSSR count). The minimum absolute atomic E-state index is 0.0320. The molecule has 1 heterocycles. The molecule has 0 aromatic rings. The van der Waals surface area contributed by atoms with Crippen LogP contribution in [-0.4, -0.2) is 34.8 Å². The van der Waals surface area contributed by atoms with Crippen molar-refractivity contribution in [3.8, 4) is 0 Å². The molecule has 1 N–H and O–H groups in total. The van der Waals surface area contributed by atoms with Gasteiger partial charge < -0.3 is 10.2 Å². The Bertz CT molecular complexity index is 346. The maximum Gasteiger partial charge on any atom is 0.248 e. The van der Waals surface area contributed by atoms with Gasteiger partial charge in [-0.3, -0.25) is 9.59 Å². The number of rotatable bonds is 2. The molecule has 2 amide bonds. The van der Waals surface area contributed by atoms with Gasteiger partial charge in [0.15, 0.2) is 0 Å². The highest BCUT2D eigenvalue weighted by Crippen LogP contribution is 2.27. The lowest BCUT2D eigenvalue weighted by Crippen LogP contribution is -2.67. The van der Waals surface area contributed by atoms with Crippen LogP contribution in [0.1, 0.15) is 52.9 Å². The molecule has 0 radical (unpaired) electrons. The summed E-state index contributed by atoms with van der Waals surface area (Å²) in [7, 11) is 0. The van der Waals surface area contributed by atoms with Crippen molar-refractivity contribution in [2.75, 3.05) is 6.54 Å². The second kappa shape index (κ2) is 4.90. The first-order valence-electron chi connectivity index (χ1n) is 7.05. The monoisotopic (exact) mass is 252 g/mol. The third kappa shape index (κ3) is 2.52. The summed E-state index contributed by atoms with van der Waals surface area (Å²) < 4.78 is 0. The number of hydrogen-bond donors (Lipinski definition) is 1. The van der Waals surface area contributed by atoms with Gasteiger partial charge in [-0.05, 0) is 39.5 Å². The number of amides is 2. The lowest BCUT2D eigenvalue weighted by Gasteiger charge is -2.43. The lowest BCUT2D eigenvalue weighted by atomic mass is 9.87. The van der Waals surface area contributed by atoms with E-state index < -0.39 is 5.54 Å². The SMILES string of the molecule is CC1C(=O)NC(C)(C)C(=O)N1CC1CCCCC1. The molecule has 1 unspecified atom stereocenters. The first-order chi connectivity index (χ1) is 8.42. The number of piperazine rings is 1. The number of nitrogens with zero attached hydrogens (tertiary/aromatic N) is 1. The van der Waals surface area contributed by atoms with E-state index in [0.717, 1.165) is 6.54 Å². The van der Waals surface area contributed by atoms with Gasteiger partial charge in [0.25, 0.3) is 0 Å². The van der Waals surface area contributed by atoms with E-state index >= 15 is 0 Å². The highest BCUT2D eigenvalue weighted by atomic mass is 16.2. The van der Waals surface area contributed by atoms with Crippen LogP contribution in [0, 0.1) is 5.92 Å². The normalized spacial score (nSPS) is 29.3. The van der Waals surface area contributed by atoms with Crippen LogP contribution in [-0.2, 0) is 9.59 Å². The molecule has 4 nitrogen and oxygen atoms in total. The highest BCUT2D eigenvalue weighted by Gasteiger charge is 2.43. The van der Waals surface area contributed by atoms with Crippen LogP contribution in [0.15, 0.2) is 0 Å². The second-order valence-corrected chi connectivity index (χ2v) is 6.25. The Hall–Kier alpha value is -1.06. The molecule has 1 aliphatic carbocycles. The summed E-state index contributed by atoms with van der Waals surface area (Å²) in [5.74, 6) is 0.599. The summed E-state index contributed by atoms with van der Waals surface area (Å²) in [6, 6.07) is -0.326. The number of nitrogens with one attached hydrogen (secondary N) is 1. The Morgan fingerprint density at radius 3 is 2.44 bits per heavy atom. The number of carbonyl (C=O) groups excluding carboxylic acids is 2. The predicted molar refractivity (Wildman–Crippen MR) is 70.0 cm³/mol. The van der Waals surface area contributed by atoms with E-state index in [4.69, 9.17) is 0 Å². The van der Waals surface area contributed by atoms with Crippen molar-refractivity contribution in [1.82, 2.24) is 10.2 Å². The Balaban J connectivity index is 2.08. The molecular weight excluding hydrogens is 228 g/mol. The van der Waals surface area contributed by atoms with Crippen LogP contribution in [0.4, 0.5) is 0 Å². The number of carbonyl (C=O) groups is 2. The molecular formula is C14H24N2O2. The van der Waals surface area contributed by atoms with Crippen molar-refractivity contribution in [2.24, 2.45) is 5.92 Å². The molecule has 1 saturated carbocycles. The largest absolute Gasteiger partial charge is 0.340 e. The van der Waals surface area contributed by atoms with Crippen molar-refractivity contribution >= 4 is 11.8 Å². The van der Waals surface area contributed by atoms with E-state index in [1.165, 1.54) is 32.1 Å². The molecule has 1 atom stereocenters. The van der Waals surface area contributed by atoms with Gasteiger partial charge in [0.2, 0.25) is 11.8 Å². The Labute approximate surface area is 109 Å². The summed E-state index contributed by atoms with van der Waals surface area (Å²) in [6.45, 7) is 6.14. The third-order valence-corrected chi connectivity index (χ3v) is 4.26. The van der Waals surface area contributed by atoms with Gasteiger partial charge in [-0.25, -0.2) is 0 Å². The Kier molecular flexibility index (Phi) is 3.64. The maximum absolute atomic E-state index is 12.4. The Morgan fingerprint density at radius 1 is 1.22 bits per heavy atom. The van der Waals surface area contributed by atoms with Crippen LogP contribution in [0.3, 0.4) is 0 Å². The molecule has 2 fully saturated rings. The average Bonchev–Trinajstić information content (AvgIpc) is 2.33. The van der Waals surface area contributed by atoms with Gasteiger partial charge in [-0.15, -0.1) is 0 Å². The smallest absolute Gasteiger partial charge is 0.248 e. The molecule has 2 aliphatic rings. The molecule has 4 heteroatoms. The van der Waals surface area contributed by atoms with Crippen molar-refractivity contribution in [1.29, 1.82) is 0 Å². The molecule has 102 valence electrons. The minimum Gasteiger partial charge on any atom is -0.340 e. The van der Waals surface area contributed by atoms with Gasteiger partial charge in [-0.1, -0.05) is 19.3 Å².